The number of aryl methyl sites for hydroxylation is 1. The van der Waals surface area contributed by atoms with Gasteiger partial charge < -0.3 is 9.32 Å². The number of nitrogens with zero attached hydrogens (tertiary/aromatic N) is 1. The molecule has 15 heteroatoms. The van der Waals surface area contributed by atoms with Gasteiger partial charge in [-0.25, -0.2) is 21.6 Å². The standard InChI is InChI=1S/C16H15F6NO6S2/c1-8-10-5-4-9(23(2)3)6-12(10)29-14(24)11(8)7-13(30(25,26)15(17,18)19)31(27,28)16(20,21)22/h4-6,13H,7H2,1-3H3. The second-order valence-electron chi connectivity index (χ2n) is 6.68. The number of halogens is 6. The van der Waals surface area contributed by atoms with Gasteiger partial charge in [0.1, 0.15) is 5.58 Å². The molecule has 31 heavy (non-hydrogen) atoms. The SMILES string of the molecule is Cc1c(CC(S(=O)(=O)C(F)(F)F)S(=O)(=O)C(F)(F)F)c(=O)oc2cc(N(C)C)ccc12. The van der Waals surface area contributed by atoms with E-state index in [2.05, 4.69) is 0 Å². The number of benzene rings is 1. The van der Waals surface area contributed by atoms with Crippen LogP contribution in [0.25, 0.3) is 11.0 Å². The van der Waals surface area contributed by atoms with Gasteiger partial charge in [-0.05, 0) is 24.6 Å². The molecule has 0 spiro atoms. The van der Waals surface area contributed by atoms with Crippen LogP contribution >= 0.6 is 0 Å². The Hall–Kier alpha value is -2.29. The highest BCUT2D eigenvalue weighted by Crippen LogP contribution is 2.38. The van der Waals surface area contributed by atoms with E-state index in [1.165, 1.54) is 18.2 Å². The van der Waals surface area contributed by atoms with E-state index in [4.69, 9.17) is 4.42 Å². The summed E-state index contributed by atoms with van der Waals surface area (Å²) < 4.78 is 125. The third kappa shape index (κ3) is 4.37. The number of hydrogen-bond donors (Lipinski definition) is 0. The fourth-order valence-corrected chi connectivity index (χ4v) is 6.11. The van der Waals surface area contributed by atoms with Gasteiger partial charge >= 0.3 is 16.6 Å². The largest absolute Gasteiger partial charge is 0.498 e. The summed E-state index contributed by atoms with van der Waals surface area (Å²) in [6.45, 7) is 1.13. The first-order valence-corrected chi connectivity index (χ1v) is 11.3. The number of anilines is 1. The molecule has 0 amide bonds. The molecule has 0 aliphatic rings. The maximum atomic E-state index is 13.0. The van der Waals surface area contributed by atoms with E-state index >= 15 is 0 Å². The zero-order chi connectivity index (χ0) is 24.2. The Morgan fingerprint density at radius 3 is 1.87 bits per heavy atom. The van der Waals surface area contributed by atoms with E-state index in [1.807, 2.05) is 0 Å². The minimum atomic E-state index is -6.88. The van der Waals surface area contributed by atoms with Crippen LogP contribution in [-0.2, 0) is 26.1 Å². The Bertz CT molecular complexity index is 1230. The number of alkyl halides is 6. The second-order valence-corrected chi connectivity index (χ2v) is 11.2. The average molecular weight is 495 g/mol. The number of hydrogen-bond acceptors (Lipinski definition) is 7. The fourth-order valence-electron chi connectivity index (χ4n) is 2.75. The molecule has 0 fully saturated rings. The average Bonchev–Trinajstić information content (AvgIpc) is 2.58. The summed E-state index contributed by atoms with van der Waals surface area (Å²) in [5.74, 6) is 0. The van der Waals surface area contributed by atoms with E-state index in [1.54, 1.807) is 19.0 Å². The third-order valence-electron chi connectivity index (χ3n) is 4.50. The maximum Gasteiger partial charge on any atom is 0.498 e. The summed E-state index contributed by atoms with van der Waals surface area (Å²) in [6, 6.07) is 4.21. The second kappa shape index (κ2) is 7.69. The highest BCUT2D eigenvalue weighted by molar-refractivity contribution is 8.09. The van der Waals surface area contributed by atoms with E-state index < -0.39 is 52.9 Å². The van der Waals surface area contributed by atoms with Gasteiger partial charge in [0, 0.05) is 43.2 Å². The molecule has 2 aromatic rings. The molecule has 174 valence electrons. The molecular weight excluding hydrogens is 480 g/mol. The van der Waals surface area contributed by atoms with Gasteiger partial charge in [0.25, 0.3) is 19.7 Å². The third-order valence-corrected chi connectivity index (χ3v) is 9.02. The van der Waals surface area contributed by atoms with E-state index in [9.17, 15) is 48.0 Å². The van der Waals surface area contributed by atoms with Gasteiger partial charge in [-0.15, -0.1) is 0 Å². The van der Waals surface area contributed by atoms with Crippen LogP contribution in [0.2, 0.25) is 0 Å². The zero-order valence-corrected chi connectivity index (χ0v) is 17.6. The van der Waals surface area contributed by atoms with Gasteiger partial charge in [0.2, 0.25) is 0 Å². The Kier molecular flexibility index (Phi) is 6.19. The maximum absolute atomic E-state index is 13.0. The molecule has 0 unspecified atom stereocenters. The normalized spacial score (nSPS) is 13.7. The monoisotopic (exact) mass is 495 g/mol. The van der Waals surface area contributed by atoms with Crippen molar-refractivity contribution in [1.82, 2.24) is 0 Å². The lowest BCUT2D eigenvalue weighted by atomic mass is 10.0. The van der Waals surface area contributed by atoms with Crippen LogP contribution in [0.5, 0.6) is 0 Å². The van der Waals surface area contributed by atoms with Crippen molar-refractivity contribution in [3.63, 3.8) is 0 Å². The summed E-state index contributed by atoms with van der Waals surface area (Å²) in [7, 11) is -10.5. The summed E-state index contributed by atoms with van der Waals surface area (Å²) in [4.78, 5) is 13.9. The van der Waals surface area contributed by atoms with Gasteiger partial charge in [0.15, 0.2) is 4.58 Å². The highest BCUT2D eigenvalue weighted by atomic mass is 32.3. The topological polar surface area (TPSA) is 102 Å². The van der Waals surface area contributed by atoms with Crippen LogP contribution in [0.1, 0.15) is 11.1 Å². The van der Waals surface area contributed by atoms with E-state index in [0.29, 0.717) is 5.69 Å². The van der Waals surface area contributed by atoms with Crippen LogP contribution in [0, 0.1) is 6.92 Å². The number of sulfone groups is 2. The molecule has 1 heterocycles. The van der Waals surface area contributed by atoms with Gasteiger partial charge in [0.05, 0.1) is 0 Å². The first-order chi connectivity index (χ1) is 13.8. The van der Waals surface area contributed by atoms with E-state index in [0.717, 1.165) is 6.92 Å². The van der Waals surface area contributed by atoms with Crippen LogP contribution < -0.4 is 10.5 Å². The molecule has 0 saturated heterocycles. The van der Waals surface area contributed by atoms with Crippen LogP contribution in [-0.4, -0.2) is 46.5 Å². The van der Waals surface area contributed by atoms with Crippen molar-refractivity contribution in [3.05, 3.63) is 39.7 Å². The molecule has 0 atom stereocenters. The molecule has 1 aromatic heterocycles. The quantitative estimate of drug-likeness (QED) is 0.464. The smallest absolute Gasteiger partial charge is 0.422 e. The first kappa shape index (κ1) is 25.0. The fraction of sp³-hybridized carbons (Fsp3) is 0.438. The van der Waals surface area contributed by atoms with Crippen molar-refractivity contribution in [2.24, 2.45) is 0 Å². The predicted molar refractivity (Wildman–Crippen MR) is 99.0 cm³/mol. The van der Waals surface area contributed by atoms with Crippen molar-refractivity contribution in [3.8, 4) is 0 Å². The number of rotatable bonds is 5. The van der Waals surface area contributed by atoms with E-state index in [-0.39, 0.29) is 16.5 Å². The summed E-state index contributed by atoms with van der Waals surface area (Å²) in [5, 5.41) is 0.0766. The van der Waals surface area contributed by atoms with Crippen molar-refractivity contribution in [2.75, 3.05) is 19.0 Å². The van der Waals surface area contributed by atoms with Gasteiger partial charge in [-0.2, -0.15) is 26.3 Å². The summed E-state index contributed by atoms with van der Waals surface area (Å²) in [6.07, 6.45) is -1.90. The molecule has 0 saturated carbocycles. The van der Waals surface area contributed by atoms with Crippen molar-refractivity contribution in [1.29, 1.82) is 0 Å². The lowest BCUT2D eigenvalue weighted by Gasteiger charge is -2.21. The lowest BCUT2D eigenvalue weighted by molar-refractivity contribution is -0.0471. The molecule has 0 bridgehead atoms. The zero-order valence-electron chi connectivity index (χ0n) is 16.0. The van der Waals surface area contributed by atoms with Crippen molar-refractivity contribution in [2.45, 2.75) is 28.9 Å². The van der Waals surface area contributed by atoms with Crippen LogP contribution in [0.4, 0.5) is 32.0 Å². The molecule has 2 rings (SSSR count). The minimum Gasteiger partial charge on any atom is -0.422 e. The molecule has 0 radical (unpaired) electrons. The van der Waals surface area contributed by atoms with Crippen LogP contribution in [0.15, 0.2) is 27.4 Å². The Labute approximate surface area is 172 Å². The molecule has 0 aliphatic carbocycles. The summed E-state index contributed by atoms with van der Waals surface area (Å²) >= 11 is 0. The molecule has 0 aliphatic heterocycles. The predicted octanol–water partition coefficient (Wildman–Crippen LogP) is 2.91. The van der Waals surface area contributed by atoms with Crippen LogP contribution in [0.3, 0.4) is 0 Å². The van der Waals surface area contributed by atoms with Crippen molar-refractivity contribution >= 4 is 36.3 Å². The Morgan fingerprint density at radius 1 is 0.968 bits per heavy atom. The Morgan fingerprint density at radius 2 is 1.45 bits per heavy atom. The summed E-state index contributed by atoms with van der Waals surface area (Å²) in [5.41, 5.74) is -14.8. The minimum absolute atomic E-state index is 0.0766. The number of fused-ring (bicyclic) bond motifs is 1. The highest BCUT2D eigenvalue weighted by Gasteiger charge is 2.63. The molecular formula is C16H15F6NO6S2. The van der Waals surface area contributed by atoms with Gasteiger partial charge in [-0.3, -0.25) is 0 Å². The van der Waals surface area contributed by atoms with Gasteiger partial charge in [-0.1, -0.05) is 0 Å². The first-order valence-electron chi connectivity index (χ1n) is 8.16. The lowest BCUT2D eigenvalue weighted by Crippen LogP contribution is -2.46. The van der Waals surface area contributed by atoms with Crippen molar-refractivity contribution < 1.29 is 47.6 Å². The Balaban J connectivity index is 2.78. The molecule has 1 aromatic carbocycles. The molecule has 7 nitrogen and oxygen atoms in total. The molecule has 0 N–H and O–H groups in total.